The van der Waals surface area contributed by atoms with Crippen LogP contribution in [0.5, 0.6) is 5.75 Å². The second-order valence-electron chi connectivity index (χ2n) is 5.43. The molecule has 2 fully saturated rings. The van der Waals surface area contributed by atoms with Crippen molar-refractivity contribution in [1.29, 1.82) is 0 Å². The second-order valence-corrected chi connectivity index (χ2v) is 5.43. The van der Waals surface area contributed by atoms with Crippen molar-refractivity contribution >= 4 is 17.4 Å². The summed E-state index contributed by atoms with van der Waals surface area (Å²) in [7, 11) is 0. The summed E-state index contributed by atoms with van der Waals surface area (Å²) in [5, 5.41) is 9.95. The number of amidine groups is 1. The second kappa shape index (κ2) is 7.43. The molecule has 2 aliphatic rings. The minimum atomic E-state index is -0.126. The molecule has 2 saturated heterocycles. The summed E-state index contributed by atoms with van der Waals surface area (Å²) in [4.78, 5) is 21.0. The number of para-hydroxylation sites is 2. The highest BCUT2D eigenvalue weighted by Crippen LogP contribution is 2.26. The largest absolute Gasteiger partial charge is 0.506 e. The van der Waals surface area contributed by atoms with Crippen molar-refractivity contribution in [1.82, 2.24) is 9.80 Å². The van der Waals surface area contributed by atoms with Gasteiger partial charge in [-0.05, 0) is 12.1 Å². The highest BCUT2D eigenvalue weighted by Gasteiger charge is 2.27. The molecule has 3 rings (SSSR count). The molecule has 1 aromatic carbocycles. The van der Waals surface area contributed by atoms with Gasteiger partial charge < -0.3 is 24.4 Å². The number of ether oxygens (including phenoxy) is 2. The van der Waals surface area contributed by atoms with Crippen LogP contribution in [0.3, 0.4) is 0 Å². The molecule has 0 aliphatic carbocycles. The van der Waals surface area contributed by atoms with E-state index in [-0.39, 0.29) is 11.7 Å². The Balaban J connectivity index is 1.89. The van der Waals surface area contributed by atoms with Gasteiger partial charge in [0.05, 0.1) is 26.4 Å². The summed E-state index contributed by atoms with van der Waals surface area (Å²) < 4.78 is 10.7. The Morgan fingerprint density at radius 3 is 2.13 bits per heavy atom. The number of phenols is 1. The van der Waals surface area contributed by atoms with Gasteiger partial charge in [0, 0.05) is 26.2 Å². The van der Waals surface area contributed by atoms with Crippen LogP contribution >= 0.6 is 0 Å². The third-order valence-corrected chi connectivity index (χ3v) is 3.91. The number of hydrogen-bond acceptors (Lipinski definition) is 5. The first kappa shape index (κ1) is 15.8. The molecule has 2 heterocycles. The normalized spacial score (nSPS) is 19.7. The third-order valence-electron chi connectivity index (χ3n) is 3.91. The molecule has 0 unspecified atom stereocenters. The molecule has 1 amide bonds. The standard InChI is InChI=1S/C16H21N3O4/c20-14-4-2-1-3-13(14)17-15(18-5-9-22-10-6-18)16(21)19-7-11-23-12-8-19/h1-4,20H,5-12H2. The number of benzene rings is 1. The lowest BCUT2D eigenvalue weighted by Gasteiger charge is -2.33. The van der Waals surface area contributed by atoms with Crippen LogP contribution in [0, 0.1) is 0 Å². The van der Waals surface area contributed by atoms with E-state index in [1.807, 2.05) is 4.90 Å². The van der Waals surface area contributed by atoms with Crippen LogP contribution in [-0.4, -0.2) is 79.3 Å². The maximum Gasteiger partial charge on any atom is 0.289 e. The van der Waals surface area contributed by atoms with Crippen molar-refractivity contribution in [2.45, 2.75) is 0 Å². The van der Waals surface area contributed by atoms with E-state index in [0.29, 0.717) is 64.1 Å². The van der Waals surface area contributed by atoms with Crippen LogP contribution in [0.25, 0.3) is 0 Å². The monoisotopic (exact) mass is 319 g/mol. The van der Waals surface area contributed by atoms with E-state index in [1.165, 1.54) is 0 Å². The van der Waals surface area contributed by atoms with Crippen molar-refractivity contribution in [2.24, 2.45) is 4.99 Å². The van der Waals surface area contributed by atoms with E-state index in [2.05, 4.69) is 4.99 Å². The molecule has 0 radical (unpaired) electrons. The Bertz CT molecular complexity index is 578. The number of nitrogens with zero attached hydrogens (tertiary/aromatic N) is 3. The minimum absolute atomic E-state index is 0.0630. The first-order valence-electron chi connectivity index (χ1n) is 7.82. The Kier molecular flexibility index (Phi) is 5.09. The lowest BCUT2D eigenvalue weighted by molar-refractivity contribution is -0.129. The number of carbonyl (C=O) groups excluding carboxylic acids is 1. The topological polar surface area (TPSA) is 74.6 Å². The highest BCUT2D eigenvalue weighted by atomic mass is 16.5. The van der Waals surface area contributed by atoms with Gasteiger partial charge in [-0.2, -0.15) is 0 Å². The van der Waals surface area contributed by atoms with E-state index < -0.39 is 0 Å². The summed E-state index contributed by atoms with van der Waals surface area (Å²) >= 11 is 0. The highest BCUT2D eigenvalue weighted by molar-refractivity contribution is 6.38. The fourth-order valence-corrected chi connectivity index (χ4v) is 2.61. The quantitative estimate of drug-likeness (QED) is 0.606. The number of hydrogen-bond donors (Lipinski definition) is 1. The van der Waals surface area contributed by atoms with E-state index in [4.69, 9.17) is 9.47 Å². The molecule has 2 aliphatic heterocycles. The molecule has 0 aromatic heterocycles. The SMILES string of the molecule is O=C(C(=Nc1ccccc1O)N1CCOCC1)N1CCOCC1. The van der Waals surface area contributed by atoms with Crippen molar-refractivity contribution in [3.63, 3.8) is 0 Å². The van der Waals surface area contributed by atoms with Gasteiger partial charge in [0.25, 0.3) is 5.91 Å². The van der Waals surface area contributed by atoms with Gasteiger partial charge in [-0.3, -0.25) is 4.79 Å². The molecule has 23 heavy (non-hydrogen) atoms. The smallest absolute Gasteiger partial charge is 0.289 e. The molecule has 124 valence electrons. The summed E-state index contributed by atoms with van der Waals surface area (Å²) in [6, 6.07) is 6.78. The number of morpholine rings is 2. The lowest BCUT2D eigenvalue weighted by atomic mass is 10.3. The Morgan fingerprint density at radius 1 is 0.957 bits per heavy atom. The summed E-state index contributed by atoms with van der Waals surface area (Å²) in [5.41, 5.74) is 0.399. The van der Waals surface area contributed by atoms with Gasteiger partial charge in [-0.1, -0.05) is 12.1 Å². The molecule has 1 aromatic rings. The van der Waals surface area contributed by atoms with Crippen molar-refractivity contribution < 1.29 is 19.4 Å². The van der Waals surface area contributed by atoms with E-state index in [9.17, 15) is 9.90 Å². The van der Waals surface area contributed by atoms with Crippen LogP contribution < -0.4 is 0 Å². The Hall–Kier alpha value is -2.12. The van der Waals surface area contributed by atoms with Crippen LogP contribution in [0.4, 0.5) is 5.69 Å². The number of aromatic hydroxyl groups is 1. The molecule has 0 atom stereocenters. The van der Waals surface area contributed by atoms with E-state index in [0.717, 1.165) is 0 Å². The van der Waals surface area contributed by atoms with Crippen LogP contribution in [0.15, 0.2) is 29.3 Å². The molecule has 7 heteroatoms. The summed E-state index contributed by atoms with van der Waals surface area (Å²) in [6.45, 7) is 4.56. The number of rotatable bonds is 1. The molecule has 0 saturated carbocycles. The molecule has 7 nitrogen and oxygen atoms in total. The maximum absolute atomic E-state index is 12.9. The van der Waals surface area contributed by atoms with Gasteiger partial charge in [0.15, 0.2) is 5.84 Å². The van der Waals surface area contributed by atoms with E-state index >= 15 is 0 Å². The molecular formula is C16H21N3O4. The zero-order chi connectivity index (χ0) is 16.1. The first-order valence-corrected chi connectivity index (χ1v) is 7.82. The molecular weight excluding hydrogens is 298 g/mol. The van der Waals surface area contributed by atoms with Crippen molar-refractivity contribution in [3.05, 3.63) is 24.3 Å². The Morgan fingerprint density at radius 2 is 1.52 bits per heavy atom. The molecule has 0 bridgehead atoms. The summed E-state index contributed by atoms with van der Waals surface area (Å²) in [5.74, 6) is 0.295. The zero-order valence-corrected chi connectivity index (χ0v) is 13.0. The first-order chi connectivity index (χ1) is 11.3. The zero-order valence-electron chi connectivity index (χ0n) is 13.0. The predicted molar refractivity (Wildman–Crippen MR) is 85.0 cm³/mol. The lowest BCUT2D eigenvalue weighted by Crippen LogP contribution is -2.51. The van der Waals surface area contributed by atoms with Crippen molar-refractivity contribution in [2.75, 3.05) is 52.6 Å². The van der Waals surface area contributed by atoms with Crippen LogP contribution in [0.2, 0.25) is 0 Å². The van der Waals surface area contributed by atoms with E-state index in [1.54, 1.807) is 29.2 Å². The van der Waals surface area contributed by atoms with Gasteiger partial charge in [0.2, 0.25) is 0 Å². The van der Waals surface area contributed by atoms with Gasteiger partial charge in [0.1, 0.15) is 11.4 Å². The van der Waals surface area contributed by atoms with Gasteiger partial charge >= 0.3 is 0 Å². The van der Waals surface area contributed by atoms with Crippen LogP contribution in [0.1, 0.15) is 0 Å². The maximum atomic E-state index is 12.9. The van der Waals surface area contributed by atoms with Gasteiger partial charge in [-0.25, -0.2) is 4.99 Å². The number of aliphatic imine (C=N–C) groups is 1. The third kappa shape index (κ3) is 3.80. The minimum Gasteiger partial charge on any atom is -0.506 e. The predicted octanol–water partition coefficient (Wildman–Crippen LogP) is 0.613. The van der Waals surface area contributed by atoms with Crippen molar-refractivity contribution in [3.8, 4) is 5.75 Å². The Labute approximate surface area is 135 Å². The van der Waals surface area contributed by atoms with Crippen LogP contribution in [-0.2, 0) is 14.3 Å². The summed E-state index contributed by atoms with van der Waals surface area (Å²) in [6.07, 6.45) is 0. The fraction of sp³-hybridized carbons (Fsp3) is 0.500. The molecule has 0 spiro atoms. The number of carbonyl (C=O) groups is 1. The molecule has 1 N–H and O–H groups in total. The average Bonchev–Trinajstić information content (AvgIpc) is 2.62. The van der Waals surface area contributed by atoms with Gasteiger partial charge in [-0.15, -0.1) is 0 Å². The fourth-order valence-electron chi connectivity index (χ4n) is 2.61. The average molecular weight is 319 g/mol. The number of phenolic OH excluding ortho intramolecular Hbond substituents is 1. The number of amides is 1.